The maximum Gasteiger partial charge on any atom is 0.122 e. The van der Waals surface area contributed by atoms with Crippen molar-refractivity contribution in [2.45, 2.75) is 32.6 Å². The Morgan fingerprint density at radius 1 is 1.05 bits per heavy atom. The van der Waals surface area contributed by atoms with Crippen molar-refractivity contribution in [1.29, 1.82) is 0 Å². The zero-order valence-corrected chi connectivity index (χ0v) is 12.2. The van der Waals surface area contributed by atoms with Crippen LogP contribution in [0.4, 0.5) is 0 Å². The van der Waals surface area contributed by atoms with Gasteiger partial charge in [0.2, 0.25) is 0 Å². The highest BCUT2D eigenvalue weighted by atomic mass is 16.5. The number of rotatable bonds is 4. The number of hydrogen-bond donors (Lipinski definition) is 0. The summed E-state index contributed by atoms with van der Waals surface area (Å²) in [4.78, 5) is 2.41. The van der Waals surface area contributed by atoms with Crippen molar-refractivity contribution >= 4 is 0 Å². The number of ether oxygens (including phenoxy) is 3. The van der Waals surface area contributed by atoms with Gasteiger partial charge in [-0.1, -0.05) is 0 Å². The summed E-state index contributed by atoms with van der Waals surface area (Å²) in [7, 11) is 3.36. The second kappa shape index (κ2) is 6.26. The van der Waals surface area contributed by atoms with Crippen molar-refractivity contribution in [2.75, 3.05) is 27.3 Å². The molecule has 0 aromatic heterocycles. The molecule has 0 N–H and O–H groups in total. The molecule has 19 heavy (non-hydrogen) atoms. The van der Waals surface area contributed by atoms with E-state index in [1.54, 1.807) is 14.2 Å². The Morgan fingerprint density at radius 3 is 2.05 bits per heavy atom. The molecule has 0 unspecified atom stereocenters. The van der Waals surface area contributed by atoms with Gasteiger partial charge in [0.15, 0.2) is 0 Å². The van der Waals surface area contributed by atoms with E-state index in [1.165, 1.54) is 5.56 Å². The molecule has 1 fully saturated rings. The van der Waals surface area contributed by atoms with Crippen molar-refractivity contribution in [3.8, 4) is 11.5 Å². The Labute approximate surface area is 115 Å². The second-order valence-corrected chi connectivity index (χ2v) is 5.17. The van der Waals surface area contributed by atoms with E-state index < -0.39 is 0 Å². The molecular weight excluding hydrogens is 242 g/mol. The lowest BCUT2D eigenvalue weighted by Gasteiger charge is -2.35. The Hall–Kier alpha value is -1.26. The van der Waals surface area contributed by atoms with Gasteiger partial charge < -0.3 is 14.2 Å². The SMILES string of the molecule is COc1cc(CN2C[C@H](C)O[C@@H](C)C2)cc(OC)c1. The molecular formula is C15H23NO3. The summed E-state index contributed by atoms with van der Waals surface area (Å²) in [6, 6.07) is 6.02. The van der Waals surface area contributed by atoms with Crippen molar-refractivity contribution in [2.24, 2.45) is 0 Å². The maximum absolute atomic E-state index is 5.75. The maximum atomic E-state index is 5.75. The van der Waals surface area contributed by atoms with Crippen molar-refractivity contribution in [3.63, 3.8) is 0 Å². The lowest BCUT2D eigenvalue weighted by molar-refractivity contribution is -0.0705. The van der Waals surface area contributed by atoms with Gasteiger partial charge in [-0.05, 0) is 31.5 Å². The predicted molar refractivity (Wildman–Crippen MR) is 74.8 cm³/mol. The van der Waals surface area contributed by atoms with Gasteiger partial charge in [-0.15, -0.1) is 0 Å². The highest BCUT2D eigenvalue weighted by Crippen LogP contribution is 2.24. The molecule has 4 nitrogen and oxygen atoms in total. The largest absolute Gasteiger partial charge is 0.497 e. The molecule has 1 aliphatic rings. The minimum atomic E-state index is 0.288. The second-order valence-electron chi connectivity index (χ2n) is 5.17. The third-order valence-corrected chi connectivity index (χ3v) is 3.31. The molecule has 0 spiro atoms. The number of nitrogens with zero attached hydrogens (tertiary/aromatic N) is 1. The minimum absolute atomic E-state index is 0.288. The first-order valence-electron chi connectivity index (χ1n) is 6.70. The van der Waals surface area contributed by atoms with Crippen LogP contribution in [0.25, 0.3) is 0 Å². The summed E-state index contributed by atoms with van der Waals surface area (Å²) >= 11 is 0. The van der Waals surface area contributed by atoms with Gasteiger partial charge in [-0.2, -0.15) is 0 Å². The number of benzene rings is 1. The predicted octanol–water partition coefficient (Wildman–Crippen LogP) is 2.31. The first-order chi connectivity index (χ1) is 9.10. The zero-order chi connectivity index (χ0) is 13.8. The molecule has 1 aliphatic heterocycles. The van der Waals surface area contributed by atoms with Gasteiger partial charge >= 0.3 is 0 Å². The third-order valence-electron chi connectivity index (χ3n) is 3.31. The zero-order valence-electron chi connectivity index (χ0n) is 12.2. The molecule has 1 aromatic carbocycles. The minimum Gasteiger partial charge on any atom is -0.497 e. The summed E-state index contributed by atoms with van der Waals surface area (Å²) in [5.74, 6) is 1.67. The Morgan fingerprint density at radius 2 is 1.58 bits per heavy atom. The molecule has 0 radical (unpaired) electrons. The van der Waals surface area contributed by atoms with Gasteiger partial charge in [0.1, 0.15) is 11.5 Å². The lowest BCUT2D eigenvalue weighted by atomic mass is 10.1. The molecule has 0 bridgehead atoms. The van der Waals surface area contributed by atoms with Gasteiger partial charge in [-0.3, -0.25) is 4.90 Å². The molecule has 0 saturated carbocycles. The van der Waals surface area contributed by atoms with Gasteiger partial charge in [0, 0.05) is 25.7 Å². The van der Waals surface area contributed by atoms with Crippen LogP contribution in [0.1, 0.15) is 19.4 Å². The van der Waals surface area contributed by atoms with Crippen LogP contribution in [0.5, 0.6) is 11.5 Å². The number of hydrogen-bond acceptors (Lipinski definition) is 4. The van der Waals surface area contributed by atoms with Gasteiger partial charge in [0.25, 0.3) is 0 Å². The van der Waals surface area contributed by atoms with Crippen molar-refractivity contribution < 1.29 is 14.2 Å². The van der Waals surface area contributed by atoms with Crippen LogP contribution in [0.2, 0.25) is 0 Å². The monoisotopic (exact) mass is 265 g/mol. The first-order valence-corrected chi connectivity index (χ1v) is 6.70. The summed E-state index contributed by atoms with van der Waals surface area (Å²) < 4.78 is 16.4. The molecule has 2 atom stereocenters. The van der Waals surface area contributed by atoms with Crippen LogP contribution < -0.4 is 9.47 Å². The van der Waals surface area contributed by atoms with E-state index >= 15 is 0 Å². The van der Waals surface area contributed by atoms with Crippen LogP contribution in [0, 0.1) is 0 Å². The van der Waals surface area contributed by atoms with Crippen LogP contribution in [0.15, 0.2) is 18.2 Å². The standard InChI is InChI=1S/C15H23NO3/c1-11-8-16(9-12(2)19-11)10-13-5-14(17-3)7-15(6-13)18-4/h5-7,11-12H,8-10H2,1-4H3/t11-,12-/m0/s1. The van der Waals surface area contributed by atoms with E-state index in [0.29, 0.717) is 0 Å². The van der Waals surface area contributed by atoms with E-state index in [-0.39, 0.29) is 12.2 Å². The summed E-state index contributed by atoms with van der Waals surface area (Å²) in [5, 5.41) is 0. The number of methoxy groups -OCH3 is 2. The lowest BCUT2D eigenvalue weighted by Crippen LogP contribution is -2.44. The normalized spacial score (nSPS) is 24.2. The average molecular weight is 265 g/mol. The highest BCUT2D eigenvalue weighted by molar-refractivity contribution is 5.38. The molecule has 0 amide bonds. The van der Waals surface area contributed by atoms with Gasteiger partial charge in [0.05, 0.1) is 26.4 Å². The molecule has 106 valence electrons. The molecule has 2 rings (SSSR count). The van der Waals surface area contributed by atoms with Crippen molar-refractivity contribution in [1.82, 2.24) is 4.90 Å². The fourth-order valence-corrected chi connectivity index (χ4v) is 2.63. The smallest absolute Gasteiger partial charge is 0.122 e. The summed E-state index contributed by atoms with van der Waals surface area (Å²) in [5.41, 5.74) is 1.21. The van der Waals surface area contributed by atoms with Crippen LogP contribution in [0.3, 0.4) is 0 Å². The molecule has 1 saturated heterocycles. The van der Waals surface area contributed by atoms with E-state index in [9.17, 15) is 0 Å². The Balaban J connectivity index is 2.09. The topological polar surface area (TPSA) is 30.9 Å². The van der Waals surface area contributed by atoms with Crippen LogP contribution in [-0.2, 0) is 11.3 Å². The van der Waals surface area contributed by atoms with Crippen molar-refractivity contribution in [3.05, 3.63) is 23.8 Å². The fourth-order valence-electron chi connectivity index (χ4n) is 2.63. The Bertz CT molecular complexity index is 390. The Kier molecular flexibility index (Phi) is 4.66. The van der Waals surface area contributed by atoms with E-state index in [2.05, 4.69) is 30.9 Å². The quantitative estimate of drug-likeness (QED) is 0.836. The first kappa shape index (κ1) is 14.2. The fraction of sp³-hybridized carbons (Fsp3) is 0.600. The number of morpholine rings is 1. The average Bonchev–Trinajstić information content (AvgIpc) is 2.37. The summed E-state index contributed by atoms with van der Waals surface area (Å²) in [6.45, 7) is 7.06. The van der Waals surface area contributed by atoms with E-state index in [1.807, 2.05) is 6.07 Å². The van der Waals surface area contributed by atoms with Crippen LogP contribution in [-0.4, -0.2) is 44.4 Å². The van der Waals surface area contributed by atoms with Gasteiger partial charge in [-0.25, -0.2) is 0 Å². The van der Waals surface area contributed by atoms with E-state index in [0.717, 1.165) is 31.1 Å². The molecule has 4 heteroatoms. The van der Waals surface area contributed by atoms with E-state index in [4.69, 9.17) is 14.2 Å². The molecule has 0 aliphatic carbocycles. The highest BCUT2D eigenvalue weighted by Gasteiger charge is 2.22. The molecule has 1 heterocycles. The summed E-state index contributed by atoms with van der Waals surface area (Å²) in [6.07, 6.45) is 0.576. The third kappa shape index (κ3) is 3.85. The molecule has 1 aromatic rings. The van der Waals surface area contributed by atoms with Crippen LogP contribution >= 0.6 is 0 Å².